The van der Waals surface area contributed by atoms with E-state index in [0.29, 0.717) is 0 Å². The predicted octanol–water partition coefficient (Wildman–Crippen LogP) is -0.962. The molecule has 0 aliphatic carbocycles. The highest BCUT2D eigenvalue weighted by atomic mass is 16.5. The molecule has 0 saturated carbocycles. The molecule has 0 saturated heterocycles. The Morgan fingerprint density at radius 2 is 2.10 bits per heavy atom. The van der Waals surface area contributed by atoms with Crippen molar-refractivity contribution in [2.24, 2.45) is 0 Å². The third-order valence-electron chi connectivity index (χ3n) is 2.85. The van der Waals surface area contributed by atoms with Crippen LogP contribution in [0.3, 0.4) is 0 Å². The monoisotopic (exact) mass is 291 g/mol. The third-order valence-corrected chi connectivity index (χ3v) is 2.85. The molecule has 0 amide bonds. The number of carbonyl (C=O) groups excluding carboxylic acids is 1. The van der Waals surface area contributed by atoms with Crippen molar-refractivity contribution in [3.05, 3.63) is 41.6 Å². The molecule has 1 aromatic rings. The van der Waals surface area contributed by atoms with Crippen LogP contribution in [-0.2, 0) is 4.79 Å². The lowest BCUT2D eigenvalue weighted by Crippen LogP contribution is -3.04. The molecule has 0 fully saturated rings. The highest BCUT2D eigenvalue weighted by Gasteiger charge is 2.18. The van der Waals surface area contributed by atoms with Crippen molar-refractivity contribution in [3.63, 3.8) is 0 Å². The number of carbonyl (C=O) groups is 2. The number of carboxylic acids is 1. The fraction of sp³-hybridized carbons (Fsp3) is 0.143. The normalized spacial score (nSPS) is 17.2. The average molecular weight is 291 g/mol. The topological polar surface area (TPSA) is 111 Å². The lowest BCUT2D eigenvalue weighted by molar-refractivity contribution is -0.818. The second kappa shape index (κ2) is 5.68. The van der Waals surface area contributed by atoms with Gasteiger partial charge in [-0.1, -0.05) is 11.8 Å². The molecule has 0 bridgehead atoms. The second-order valence-corrected chi connectivity index (χ2v) is 4.57. The third kappa shape index (κ3) is 3.21. The van der Waals surface area contributed by atoms with Crippen molar-refractivity contribution >= 4 is 11.9 Å². The summed E-state index contributed by atoms with van der Waals surface area (Å²) >= 11 is 0. The molecule has 1 atom stereocenters. The number of hydrogen-bond donors (Lipinski definition) is 3. The summed E-state index contributed by atoms with van der Waals surface area (Å²) in [5.74, 6) is -4.29. The molecular weight excluding hydrogens is 278 g/mol. The molecule has 21 heavy (non-hydrogen) atoms. The number of hydrogen-bond acceptors (Lipinski definition) is 5. The van der Waals surface area contributed by atoms with Crippen LogP contribution in [0.5, 0.6) is 17.2 Å². The van der Waals surface area contributed by atoms with Crippen LogP contribution in [0.15, 0.2) is 36.1 Å². The first kappa shape index (κ1) is 14.6. The van der Waals surface area contributed by atoms with Crippen LogP contribution in [0.25, 0.3) is 0 Å². The molecule has 1 aromatic carbocycles. The molecule has 1 unspecified atom stereocenters. The maximum absolute atomic E-state index is 11.9. The first-order chi connectivity index (χ1) is 9.88. The van der Waals surface area contributed by atoms with Gasteiger partial charge in [0.25, 0.3) is 0 Å². The number of aromatic hydroxyl groups is 1. The van der Waals surface area contributed by atoms with E-state index in [2.05, 4.69) is 0 Å². The van der Waals surface area contributed by atoms with Gasteiger partial charge in [0.05, 0.1) is 12.6 Å². The summed E-state index contributed by atoms with van der Waals surface area (Å²) < 4.78 is 4.87. The number of carboxylic acid groups (broad SMARTS) is 1. The predicted molar refractivity (Wildman–Crippen MR) is 69.1 cm³/mol. The highest BCUT2D eigenvalue weighted by Crippen LogP contribution is 2.35. The zero-order chi connectivity index (χ0) is 15.6. The molecule has 1 aliphatic heterocycles. The van der Waals surface area contributed by atoms with Gasteiger partial charge in [0.2, 0.25) is 0 Å². The number of quaternary nitrogens is 1. The number of phenols is 1. The Balaban J connectivity index is 2.26. The van der Waals surface area contributed by atoms with Gasteiger partial charge in [0.15, 0.2) is 11.5 Å². The van der Waals surface area contributed by atoms with Gasteiger partial charge < -0.3 is 25.0 Å². The Labute approximate surface area is 120 Å². The summed E-state index contributed by atoms with van der Waals surface area (Å²) in [6.45, 7) is 0.724. The Hall–Kier alpha value is -2.80. The van der Waals surface area contributed by atoms with Crippen LogP contribution in [0.4, 0.5) is 0 Å². The average Bonchev–Trinajstić information content (AvgIpc) is 2.42. The fourth-order valence-corrected chi connectivity index (χ4v) is 1.84. The Kier molecular flexibility index (Phi) is 3.95. The van der Waals surface area contributed by atoms with Crippen LogP contribution in [0.2, 0.25) is 0 Å². The molecular formula is C14H13NO6. The van der Waals surface area contributed by atoms with Crippen molar-refractivity contribution < 1.29 is 34.5 Å². The molecule has 0 aromatic heterocycles. The maximum atomic E-state index is 11.9. The summed E-state index contributed by atoms with van der Waals surface area (Å²) in [7, 11) is 1.84. The minimum absolute atomic E-state index is 0.250. The molecule has 0 spiro atoms. The molecule has 110 valence electrons. The van der Waals surface area contributed by atoms with Gasteiger partial charge in [-0.05, 0) is 18.2 Å². The molecule has 2 rings (SSSR count). The van der Waals surface area contributed by atoms with E-state index in [0.717, 1.165) is 23.6 Å². The van der Waals surface area contributed by atoms with Gasteiger partial charge in [0, 0.05) is 0 Å². The Bertz CT molecular complexity index is 638. The van der Waals surface area contributed by atoms with Crippen LogP contribution >= 0.6 is 0 Å². The largest absolute Gasteiger partial charge is 0.870 e. The van der Waals surface area contributed by atoms with Gasteiger partial charge in [-0.2, -0.15) is 0 Å². The molecule has 1 aliphatic rings. The van der Waals surface area contributed by atoms with E-state index < -0.39 is 29.2 Å². The second-order valence-electron chi connectivity index (χ2n) is 4.57. The summed E-state index contributed by atoms with van der Waals surface area (Å²) in [6.07, 6.45) is 4.95. The van der Waals surface area contributed by atoms with Gasteiger partial charge >= 0.3 is 11.9 Å². The number of benzene rings is 1. The minimum Gasteiger partial charge on any atom is -0.870 e. The number of phenolic OH excluding ortho intramolecular Hbond substituents is 1. The van der Waals surface area contributed by atoms with E-state index in [9.17, 15) is 19.8 Å². The number of esters is 1. The smallest absolute Gasteiger partial charge is 0.349 e. The molecule has 1 heterocycles. The number of rotatable bonds is 3. The molecule has 0 radical (unpaired) electrons. The Morgan fingerprint density at radius 1 is 1.38 bits per heavy atom. The van der Waals surface area contributed by atoms with Gasteiger partial charge in [-0.3, -0.25) is 0 Å². The minimum atomic E-state index is -1.36. The Morgan fingerprint density at radius 3 is 2.67 bits per heavy atom. The number of ether oxygens (including phenoxy) is 1. The van der Waals surface area contributed by atoms with Crippen LogP contribution in [0, 0.1) is 0 Å². The number of aromatic carboxylic acids is 1. The fourth-order valence-electron chi connectivity index (χ4n) is 1.84. The van der Waals surface area contributed by atoms with E-state index in [-0.39, 0.29) is 11.1 Å². The van der Waals surface area contributed by atoms with Gasteiger partial charge in [-0.15, -0.1) is 0 Å². The molecule has 3 N–H and O–H groups in total. The van der Waals surface area contributed by atoms with Crippen molar-refractivity contribution in [2.45, 2.75) is 0 Å². The van der Waals surface area contributed by atoms with Crippen molar-refractivity contribution in [1.82, 2.24) is 0 Å². The van der Waals surface area contributed by atoms with E-state index in [1.54, 1.807) is 18.4 Å². The lowest BCUT2D eigenvalue weighted by atomic mass is 10.2. The lowest BCUT2D eigenvalue weighted by Gasteiger charge is -2.17. The molecule has 7 heteroatoms. The summed E-state index contributed by atoms with van der Waals surface area (Å²) in [5, 5.41) is 30.1. The maximum Gasteiger partial charge on any atom is 0.349 e. The zero-order valence-electron chi connectivity index (χ0n) is 11.1. The zero-order valence-corrected chi connectivity index (χ0v) is 11.1. The number of nitrogens with one attached hydrogen (secondary N) is 1. The highest BCUT2D eigenvalue weighted by molar-refractivity contribution is 5.94. The van der Waals surface area contributed by atoms with Gasteiger partial charge in [0.1, 0.15) is 18.3 Å². The van der Waals surface area contributed by atoms with Crippen LogP contribution < -0.4 is 14.7 Å². The van der Waals surface area contributed by atoms with E-state index in [4.69, 9.17) is 9.84 Å². The van der Waals surface area contributed by atoms with Crippen LogP contribution in [-0.4, -0.2) is 35.7 Å². The first-order valence-corrected chi connectivity index (χ1v) is 6.08. The standard InChI is InChI=1S/C14H13NO6/c1-15-4-2-3-8(7-15)14(20)21-12-10(16)5-9(13(18)19)6-11(12)17/h2-3,5-7,16-17H,4H2,1H3,(H,18,19). The van der Waals surface area contributed by atoms with Crippen molar-refractivity contribution in [2.75, 3.05) is 13.6 Å². The van der Waals surface area contributed by atoms with E-state index in [1.807, 2.05) is 7.05 Å². The molecule has 7 nitrogen and oxygen atoms in total. The van der Waals surface area contributed by atoms with Crippen molar-refractivity contribution in [3.8, 4) is 17.2 Å². The first-order valence-electron chi connectivity index (χ1n) is 6.08. The SMILES string of the molecule is C[NH+]1C=C(C(=O)Oc2c([O-])cc(C(=O)O)cc2O)C=CC1. The summed E-state index contributed by atoms with van der Waals surface area (Å²) in [6, 6.07) is 1.64. The van der Waals surface area contributed by atoms with E-state index >= 15 is 0 Å². The summed E-state index contributed by atoms with van der Waals surface area (Å²) in [5.41, 5.74) is -0.127. The number of likely N-dealkylation sites (N-methyl/N-ethyl adjacent to an activating group) is 1. The van der Waals surface area contributed by atoms with Gasteiger partial charge in [-0.25, -0.2) is 9.59 Å². The van der Waals surface area contributed by atoms with Crippen LogP contribution in [0.1, 0.15) is 10.4 Å². The summed E-state index contributed by atoms with van der Waals surface area (Å²) in [4.78, 5) is 23.6. The van der Waals surface area contributed by atoms with Crippen molar-refractivity contribution in [1.29, 1.82) is 0 Å². The van der Waals surface area contributed by atoms with E-state index in [1.165, 1.54) is 0 Å². The quantitative estimate of drug-likeness (QED) is 0.488.